The number of rotatable bonds is 3. The van der Waals surface area contributed by atoms with Gasteiger partial charge in [0.25, 0.3) is 0 Å². The summed E-state index contributed by atoms with van der Waals surface area (Å²) < 4.78 is 0. The average Bonchev–Trinajstić information content (AvgIpc) is 2.50. The van der Waals surface area contributed by atoms with E-state index >= 15 is 0 Å². The molecule has 0 spiro atoms. The van der Waals surface area contributed by atoms with E-state index in [1.165, 1.54) is 5.56 Å². The predicted octanol–water partition coefficient (Wildman–Crippen LogP) is 3.13. The van der Waals surface area contributed by atoms with Gasteiger partial charge in [-0.3, -0.25) is 4.90 Å². The van der Waals surface area contributed by atoms with E-state index in [4.69, 9.17) is 11.6 Å². The van der Waals surface area contributed by atoms with Crippen LogP contribution in [0.5, 0.6) is 0 Å². The van der Waals surface area contributed by atoms with Gasteiger partial charge in [-0.05, 0) is 12.0 Å². The molecule has 0 aromatic heterocycles. The highest BCUT2D eigenvalue weighted by Crippen LogP contribution is 2.42. The Labute approximate surface area is 126 Å². The van der Waals surface area contributed by atoms with Crippen molar-refractivity contribution in [2.24, 2.45) is 0 Å². The molecule has 106 valence electrons. The van der Waals surface area contributed by atoms with Crippen molar-refractivity contribution in [1.82, 2.24) is 10.2 Å². The number of halogens is 1. The van der Waals surface area contributed by atoms with Crippen molar-refractivity contribution >= 4 is 11.6 Å². The Balaban J connectivity index is 1.94. The van der Waals surface area contributed by atoms with Gasteiger partial charge in [-0.15, -0.1) is 11.6 Å². The van der Waals surface area contributed by atoms with E-state index in [0.29, 0.717) is 0 Å². The van der Waals surface area contributed by atoms with Crippen LogP contribution in [0.3, 0.4) is 0 Å². The van der Waals surface area contributed by atoms with Gasteiger partial charge in [-0.25, -0.2) is 0 Å². The molecule has 0 bridgehead atoms. The molecular weight excluding hydrogens is 268 g/mol. The van der Waals surface area contributed by atoms with Crippen LogP contribution in [0.4, 0.5) is 0 Å². The second-order valence-corrected chi connectivity index (χ2v) is 6.22. The molecule has 0 amide bonds. The number of allylic oxidation sites excluding steroid dienone is 3. The summed E-state index contributed by atoms with van der Waals surface area (Å²) in [7, 11) is 0. The summed E-state index contributed by atoms with van der Waals surface area (Å²) in [6, 6.07) is 10.9. The first-order valence-corrected chi connectivity index (χ1v) is 7.70. The van der Waals surface area contributed by atoms with E-state index < -0.39 is 0 Å². The van der Waals surface area contributed by atoms with Gasteiger partial charge in [-0.2, -0.15) is 0 Å². The fraction of sp³-hybridized carbons (Fsp3) is 0.412. The van der Waals surface area contributed by atoms with Crippen molar-refractivity contribution in [3.05, 3.63) is 60.2 Å². The molecule has 1 aromatic rings. The molecule has 1 heterocycles. The van der Waals surface area contributed by atoms with Crippen molar-refractivity contribution in [3.63, 3.8) is 0 Å². The first-order chi connectivity index (χ1) is 9.80. The minimum absolute atomic E-state index is 0.230. The molecule has 2 atom stereocenters. The highest BCUT2D eigenvalue weighted by molar-refractivity contribution is 6.26. The topological polar surface area (TPSA) is 15.3 Å². The highest BCUT2D eigenvalue weighted by atomic mass is 35.5. The molecule has 2 aliphatic rings. The fourth-order valence-electron chi connectivity index (χ4n) is 3.18. The number of nitrogens with one attached hydrogen (secondary N) is 1. The van der Waals surface area contributed by atoms with Gasteiger partial charge in [0.05, 0.1) is 10.9 Å². The molecule has 3 rings (SSSR count). The first-order valence-electron chi connectivity index (χ1n) is 7.33. The summed E-state index contributed by atoms with van der Waals surface area (Å²) >= 11 is 7.01. The zero-order chi connectivity index (χ0) is 13.8. The smallest absolute Gasteiger partial charge is 0.0859 e. The Hall–Kier alpha value is -1.09. The second-order valence-electron chi connectivity index (χ2n) is 5.52. The maximum atomic E-state index is 7.01. The quantitative estimate of drug-likeness (QED) is 0.860. The zero-order valence-electron chi connectivity index (χ0n) is 11.6. The van der Waals surface area contributed by atoms with Crippen LogP contribution in [0.25, 0.3) is 0 Å². The summed E-state index contributed by atoms with van der Waals surface area (Å²) in [5.41, 5.74) is 1.31. The highest BCUT2D eigenvalue weighted by Gasteiger charge is 2.39. The van der Waals surface area contributed by atoms with Gasteiger partial charge in [-0.1, -0.05) is 54.6 Å². The standard InChI is InChI=1S/C17H21ClN2/c18-17(9-5-2-6-10-17)16(15-7-3-1-4-8-15)20-13-11-19-12-14-20/h1-9,16,19H,10-14H2. The molecule has 0 radical (unpaired) electrons. The minimum Gasteiger partial charge on any atom is -0.314 e. The van der Waals surface area contributed by atoms with Crippen LogP contribution in [-0.2, 0) is 0 Å². The molecule has 2 unspecified atom stereocenters. The summed E-state index contributed by atoms with van der Waals surface area (Å²) in [5.74, 6) is 0. The van der Waals surface area contributed by atoms with Gasteiger partial charge >= 0.3 is 0 Å². The number of benzene rings is 1. The van der Waals surface area contributed by atoms with E-state index in [0.717, 1.165) is 32.6 Å². The van der Waals surface area contributed by atoms with Crippen molar-refractivity contribution in [3.8, 4) is 0 Å². The van der Waals surface area contributed by atoms with Crippen molar-refractivity contribution < 1.29 is 0 Å². The van der Waals surface area contributed by atoms with Gasteiger partial charge < -0.3 is 5.32 Å². The van der Waals surface area contributed by atoms with Gasteiger partial charge in [0.2, 0.25) is 0 Å². The molecule has 1 aliphatic carbocycles. The van der Waals surface area contributed by atoms with Gasteiger partial charge in [0.1, 0.15) is 0 Å². The number of hydrogen-bond donors (Lipinski definition) is 1. The lowest BCUT2D eigenvalue weighted by Gasteiger charge is -2.43. The first kappa shape index (κ1) is 13.9. The Morgan fingerprint density at radius 3 is 2.50 bits per heavy atom. The van der Waals surface area contributed by atoms with Crippen LogP contribution >= 0.6 is 11.6 Å². The molecule has 20 heavy (non-hydrogen) atoms. The van der Waals surface area contributed by atoms with Crippen LogP contribution in [0.2, 0.25) is 0 Å². The lowest BCUT2D eigenvalue weighted by molar-refractivity contribution is 0.150. The third-order valence-electron chi connectivity index (χ3n) is 4.14. The molecule has 3 heteroatoms. The maximum Gasteiger partial charge on any atom is 0.0859 e. The number of piperazine rings is 1. The van der Waals surface area contributed by atoms with Crippen LogP contribution in [0.1, 0.15) is 18.0 Å². The Morgan fingerprint density at radius 1 is 1.10 bits per heavy atom. The van der Waals surface area contributed by atoms with Crippen molar-refractivity contribution in [2.45, 2.75) is 17.3 Å². The molecule has 2 nitrogen and oxygen atoms in total. The SMILES string of the molecule is ClC1(C(c2ccccc2)N2CCNCC2)C=CC=CC1. The summed E-state index contributed by atoms with van der Waals surface area (Å²) in [6.45, 7) is 4.17. The largest absolute Gasteiger partial charge is 0.314 e. The van der Waals surface area contributed by atoms with E-state index in [-0.39, 0.29) is 10.9 Å². The fourth-order valence-corrected chi connectivity index (χ4v) is 3.61. The molecule has 1 fully saturated rings. The normalized spacial score (nSPS) is 28.4. The Kier molecular flexibility index (Phi) is 4.25. The van der Waals surface area contributed by atoms with Crippen LogP contribution < -0.4 is 5.32 Å². The van der Waals surface area contributed by atoms with Crippen LogP contribution in [-0.4, -0.2) is 36.0 Å². The molecule has 1 saturated heterocycles. The Bertz CT molecular complexity index is 491. The number of nitrogens with zero attached hydrogens (tertiary/aromatic N) is 1. The lowest BCUT2D eigenvalue weighted by atomic mass is 9.85. The molecule has 0 saturated carbocycles. The summed E-state index contributed by atoms with van der Waals surface area (Å²) in [4.78, 5) is 2.18. The molecule has 1 N–H and O–H groups in total. The third kappa shape index (κ3) is 2.83. The summed E-state index contributed by atoms with van der Waals surface area (Å²) in [6.07, 6.45) is 9.38. The van der Waals surface area contributed by atoms with Gasteiger partial charge in [0, 0.05) is 26.2 Å². The number of alkyl halides is 1. The van der Waals surface area contributed by atoms with E-state index in [2.05, 4.69) is 64.9 Å². The van der Waals surface area contributed by atoms with Crippen LogP contribution in [0.15, 0.2) is 54.6 Å². The molecule has 1 aliphatic heterocycles. The monoisotopic (exact) mass is 288 g/mol. The average molecular weight is 289 g/mol. The van der Waals surface area contributed by atoms with Crippen molar-refractivity contribution in [2.75, 3.05) is 26.2 Å². The molecule has 1 aromatic carbocycles. The zero-order valence-corrected chi connectivity index (χ0v) is 12.4. The lowest BCUT2D eigenvalue weighted by Crippen LogP contribution is -2.50. The third-order valence-corrected chi connectivity index (χ3v) is 4.62. The minimum atomic E-state index is -0.340. The van der Waals surface area contributed by atoms with Crippen LogP contribution in [0, 0.1) is 0 Å². The number of hydrogen-bond acceptors (Lipinski definition) is 2. The van der Waals surface area contributed by atoms with E-state index in [1.807, 2.05) is 0 Å². The summed E-state index contributed by atoms with van der Waals surface area (Å²) in [5, 5.41) is 3.42. The molecular formula is C17H21ClN2. The Morgan fingerprint density at radius 2 is 1.85 bits per heavy atom. The second kappa shape index (κ2) is 6.13. The predicted molar refractivity (Wildman–Crippen MR) is 85.1 cm³/mol. The van der Waals surface area contributed by atoms with Crippen molar-refractivity contribution in [1.29, 1.82) is 0 Å². The van der Waals surface area contributed by atoms with E-state index in [9.17, 15) is 0 Å². The van der Waals surface area contributed by atoms with Gasteiger partial charge in [0.15, 0.2) is 0 Å². The maximum absolute atomic E-state index is 7.01. The van der Waals surface area contributed by atoms with E-state index in [1.54, 1.807) is 0 Å².